The zero-order valence-electron chi connectivity index (χ0n) is 18.9. The van der Waals surface area contributed by atoms with Crippen LogP contribution in [-0.4, -0.2) is 65.0 Å². The molecule has 1 aromatic heterocycles. The Morgan fingerprint density at radius 2 is 1.85 bits per heavy atom. The summed E-state index contributed by atoms with van der Waals surface area (Å²) < 4.78 is 21.5. The van der Waals surface area contributed by atoms with Crippen LogP contribution < -0.4 is 10.5 Å². The van der Waals surface area contributed by atoms with Crippen LogP contribution in [0.3, 0.4) is 0 Å². The van der Waals surface area contributed by atoms with Crippen molar-refractivity contribution in [3.63, 3.8) is 0 Å². The fourth-order valence-corrected chi connectivity index (χ4v) is 5.44. The van der Waals surface area contributed by atoms with Crippen molar-refractivity contribution in [2.45, 2.75) is 30.6 Å². The predicted octanol–water partition coefficient (Wildman–Crippen LogP) is 3.16. The Balaban J connectivity index is 1.27. The Kier molecular flexibility index (Phi) is 6.82. The number of para-hydroxylation sites is 2. The topological polar surface area (TPSA) is 67.7 Å². The smallest absolute Gasteiger partial charge is 0.262 e. The van der Waals surface area contributed by atoms with Crippen LogP contribution >= 0.6 is 11.8 Å². The molecule has 0 radical (unpaired) electrons. The first-order valence-electron chi connectivity index (χ1n) is 11.6. The van der Waals surface area contributed by atoms with E-state index in [9.17, 15) is 14.0 Å². The molecule has 0 N–H and O–H groups in total. The summed E-state index contributed by atoms with van der Waals surface area (Å²) in [6.45, 7) is 3.36. The number of piperazine rings is 1. The molecule has 1 atom stereocenters. The number of ether oxygens (including phenoxy) is 1. The number of fused-ring (bicyclic) bond motifs is 1. The molecular weight excluding hydrogens is 455 g/mol. The highest BCUT2D eigenvalue weighted by molar-refractivity contribution is 7.99. The average Bonchev–Trinajstić information content (AvgIpc) is 3.38. The molecule has 2 fully saturated rings. The van der Waals surface area contributed by atoms with Crippen LogP contribution in [-0.2, 0) is 16.1 Å². The van der Waals surface area contributed by atoms with Crippen molar-refractivity contribution in [1.29, 1.82) is 0 Å². The molecule has 0 bridgehead atoms. The first kappa shape index (κ1) is 22.9. The van der Waals surface area contributed by atoms with E-state index in [1.807, 2.05) is 29.2 Å². The van der Waals surface area contributed by atoms with Crippen molar-refractivity contribution in [3.05, 3.63) is 64.7 Å². The van der Waals surface area contributed by atoms with Crippen LogP contribution in [0.5, 0.6) is 0 Å². The summed E-state index contributed by atoms with van der Waals surface area (Å²) in [5.41, 5.74) is 1.10. The molecule has 0 aliphatic carbocycles. The summed E-state index contributed by atoms with van der Waals surface area (Å²) in [6.07, 6.45) is 1.89. The Bertz CT molecular complexity index is 1240. The molecule has 2 aliphatic rings. The minimum atomic E-state index is -0.246. The Morgan fingerprint density at radius 3 is 2.62 bits per heavy atom. The second kappa shape index (κ2) is 10.1. The molecule has 5 rings (SSSR count). The van der Waals surface area contributed by atoms with Gasteiger partial charge in [0.2, 0.25) is 5.91 Å². The molecule has 3 heterocycles. The van der Waals surface area contributed by atoms with E-state index in [-0.39, 0.29) is 29.1 Å². The Hall–Kier alpha value is -2.91. The van der Waals surface area contributed by atoms with E-state index in [0.29, 0.717) is 61.1 Å². The van der Waals surface area contributed by atoms with Gasteiger partial charge in [0, 0.05) is 32.8 Å². The van der Waals surface area contributed by atoms with Crippen LogP contribution in [0, 0.1) is 5.82 Å². The highest BCUT2D eigenvalue weighted by atomic mass is 32.2. The van der Waals surface area contributed by atoms with E-state index < -0.39 is 0 Å². The molecule has 0 spiro atoms. The molecule has 178 valence electrons. The number of halogens is 1. The predicted molar refractivity (Wildman–Crippen MR) is 131 cm³/mol. The number of rotatable bonds is 6. The molecule has 0 saturated carbocycles. The van der Waals surface area contributed by atoms with Gasteiger partial charge in [-0.25, -0.2) is 9.37 Å². The number of benzene rings is 2. The fraction of sp³-hybridized carbons (Fsp3) is 0.400. The maximum atomic E-state index is 14.1. The first-order chi connectivity index (χ1) is 16.6. The molecule has 3 aromatic rings. The highest BCUT2D eigenvalue weighted by Gasteiger charge is 2.24. The Labute approximate surface area is 201 Å². The average molecular weight is 483 g/mol. The number of nitrogens with zero attached hydrogens (tertiary/aromatic N) is 4. The molecule has 2 saturated heterocycles. The van der Waals surface area contributed by atoms with Gasteiger partial charge in [-0.05, 0) is 37.1 Å². The molecular formula is C25H27FN4O3S. The van der Waals surface area contributed by atoms with E-state index in [0.717, 1.165) is 12.8 Å². The summed E-state index contributed by atoms with van der Waals surface area (Å²) >= 11 is 1.29. The zero-order chi connectivity index (χ0) is 23.5. The number of amides is 1. The fourth-order valence-electron chi connectivity index (χ4n) is 4.53. The number of carbonyl (C=O) groups excluding carboxylic acids is 1. The molecule has 2 aliphatic heterocycles. The van der Waals surface area contributed by atoms with E-state index in [4.69, 9.17) is 9.72 Å². The van der Waals surface area contributed by atoms with Gasteiger partial charge in [0.1, 0.15) is 5.82 Å². The van der Waals surface area contributed by atoms with Crippen molar-refractivity contribution in [1.82, 2.24) is 14.5 Å². The molecule has 7 nitrogen and oxygen atoms in total. The lowest BCUT2D eigenvalue weighted by molar-refractivity contribution is -0.128. The van der Waals surface area contributed by atoms with Gasteiger partial charge in [0.15, 0.2) is 5.16 Å². The van der Waals surface area contributed by atoms with Crippen LogP contribution in [0.4, 0.5) is 10.1 Å². The molecule has 1 unspecified atom stereocenters. The first-order valence-corrected chi connectivity index (χ1v) is 12.6. The minimum absolute atomic E-state index is 0.00995. The van der Waals surface area contributed by atoms with Crippen molar-refractivity contribution in [2.75, 3.05) is 43.4 Å². The number of aromatic nitrogens is 2. The van der Waals surface area contributed by atoms with Crippen molar-refractivity contribution >= 4 is 34.3 Å². The van der Waals surface area contributed by atoms with Gasteiger partial charge >= 0.3 is 0 Å². The zero-order valence-corrected chi connectivity index (χ0v) is 19.7. The molecule has 2 aromatic carbocycles. The monoisotopic (exact) mass is 482 g/mol. The lowest BCUT2D eigenvalue weighted by atomic mass is 10.2. The third kappa shape index (κ3) is 4.81. The van der Waals surface area contributed by atoms with Crippen molar-refractivity contribution in [3.8, 4) is 0 Å². The van der Waals surface area contributed by atoms with Crippen LogP contribution in [0.1, 0.15) is 12.8 Å². The maximum Gasteiger partial charge on any atom is 0.262 e. The molecule has 34 heavy (non-hydrogen) atoms. The minimum Gasteiger partial charge on any atom is -0.376 e. The lowest BCUT2D eigenvalue weighted by Gasteiger charge is -2.36. The van der Waals surface area contributed by atoms with Gasteiger partial charge in [0.05, 0.1) is 35.0 Å². The van der Waals surface area contributed by atoms with Gasteiger partial charge in [-0.15, -0.1) is 0 Å². The number of hydrogen-bond acceptors (Lipinski definition) is 6. The number of hydrogen-bond donors (Lipinski definition) is 0. The summed E-state index contributed by atoms with van der Waals surface area (Å²) in [7, 11) is 0. The third-order valence-corrected chi connectivity index (χ3v) is 7.35. The van der Waals surface area contributed by atoms with Crippen LogP contribution in [0.25, 0.3) is 10.9 Å². The largest absolute Gasteiger partial charge is 0.376 e. The standard InChI is InChI=1S/C25H27FN4O3S/c26-20-8-2-4-10-22(20)28-11-13-29(14-12-28)23(31)17-34-25-27-21-9-3-1-7-19(21)24(32)30(25)16-18-6-5-15-33-18/h1-4,7-10,18H,5-6,11-17H2. The van der Waals surface area contributed by atoms with Gasteiger partial charge in [-0.3, -0.25) is 14.2 Å². The summed E-state index contributed by atoms with van der Waals surface area (Å²) in [6, 6.07) is 14.0. The van der Waals surface area contributed by atoms with E-state index >= 15 is 0 Å². The molecule has 9 heteroatoms. The highest BCUT2D eigenvalue weighted by Crippen LogP contribution is 2.23. The van der Waals surface area contributed by atoms with E-state index in [1.165, 1.54) is 17.8 Å². The maximum absolute atomic E-state index is 14.1. The van der Waals surface area contributed by atoms with E-state index in [1.54, 1.807) is 27.7 Å². The van der Waals surface area contributed by atoms with Gasteiger partial charge in [-0.2, -0.15) is 0 Å². The number of carbonyl (C=O) groups is 1. The molecule has 1 amide bonds. The summed E-state index contributed by atoms with van der Waals surface area (Å²) in [5.74, 6) is -0.0654. The van der Waals surface area contributed by atoms with Gasteiger partial charge < -0.3 is 14.5 Å². The summed E-state index contributed by atoms with van der Waals surface area (Å²) in [5, 5.41) is 1.11. The lowest BCUT2D eigenvalue weighted by Crippen LogP contribution is -2.49. The Morgan fingerprint density at radius 1 is 1.09 bits per heavy atom. The second-order valence-electron chi connectivity index (χ2n) is 8.57. The van der Waals surface area contributed by atoms with Crippen LogP contribution in [0.15, 0.2) is 58.5 Å². The number of anilines is 1. The second-order valence-corrected chi connectivity index (χ2v) is 9.51. The van der Waals surface area contributed by atoms with Crippen LogP contribution in [0.2, 0.25) is 0 Å². The van der Waals surface area contributed by atoms with E-state index in [2.05, 4.69) is 0 Å². The van der Waals surface area contributed by atoms with Gasteiger partial charge in [-0.1, -0.05) is 36.0 Å². The van der Waals surface area contributed by atoms with Gasteiger partial charge in [0.25, 0.3) is 5.56 Å². The van der Waals surface area contributed by atoms with Crippen molar-refractivity contribution < 1.29 is 13.9 Å². The SMILES string of the molecule is O=C(CSc1nc2ccccc2c(=O)n1CC1CCCO1)N1CCN(c2ccccc2F)CC1. The number of thioether (sulfide) groups is 1. The normalized spacial score (nSPS) is 18.6. The quantitative estimate of drug-likeness (QED) is 0.397. The third-order valence-electron chi connectivity index (χ3n) is 6.39. The summed E-state index contributed by atoms with van der Waals surface area (Å²) in [4.78, 5) is 34.6. The van der Waals surface area contributed by atoms with Crippen molar-refractivity contribution in [2.24, 2.45) is 0 Å².